The number of para-hydroxylation sites is 1. The van der Waals surface area contributed by atoms with E-state index in [9.17, 15) is 8.42 Å². The number of benzene rings is 2. The highest BCUT2D eigenvalue weighted by atomic mass is 32.2. The number of sulfonamides is 1. The molecule has 1 aromatic heterocycles. The Labute approximate surface area is 156 Å². The van der Waals surface area contributed by atoms with Gasteiger partial charge in [0.1, 0.15) is 22.1 Å². The van der Waals surface area contributed by atoms with Crippen molar-refractivity contribution in [2.24, 2.45) is 0 Å². The molecule has 140 valence electrons. The van der Waals surface area contributed by atoms with Gasteiger partial charge in [0.05, 0.1) is 32.3 Å². The zero-order valence-corrected chi connectivity index (χ0v) is 15.4. The molecular formula is C18H17N3O5S. The van der Waals surface area contributed by atoms with E-state index in [2.05, 4.69) is 14.7 Å². The molecule has 1 N–H and O–H groups in total. The Morgan fingerprint density at radius 1 is 0.889 bits per heavy atom. The second kappa shape index (κ2) is 7.92. The van der Waals surface area contributed by atoms with Gasteiger partial charge in [0.25, 0.3) is 10.0 Å². The topological polar surface area (TPSA) is 99.6 Å². The molecule has 8 nitrogen and oxygen atoms in total. The molecule has 0 aliphatic rings. The number of nitrogens with one attached hydrogen (secondary N) is 1. The maximum absolute atomic E-state index is 12.6. The van der Waals surface area contributed by atoms with Crippen LogP contribution in [0.2, 0.25) is 0 Å². The Bertz CT molecular complexity index is 1010. The van der Waals surface area contributed by atoms with Crippen LogP contribution in [0.15, 0.2) is 65.8 Å². The predicted molar refractivity (Wildman–Crippen MR) is 98.9 cm³/mol. The highest BCUT2D eigenvalue weighted by Crippen LogP contribution is 2.29. The largest absolute Gasteiger partial charge is 0.497 e. The van der Waals surface area contributed by atoms with Gasteiger partial charge in [0.15, 0.2) is 0 Å². The zero-order valence-electron chi connectivity index (χ0n) is 14.6. The Morgan fingerprint density at radius 2 is 1.59 bits per heavy atom. The molecule has 0 saturated heterocycles. The third-order valence-electron chi connectivity index (χ3n) is 3.49. The third kappa shape index (κ3) is 4.45. The summed E-state index contributed by atoms with van der Waals surface area (Å²) in [4.78, 5) is 7.99. The van der Waals surface area contributed by atoms with Crippen LogP contribution in [0, 0.1) is 0 Å². The summed E-state index contributed by atoms with van der Waals surface area (Å²) in [6.07, 6.45) is 2.64. The molecule has 9 heteroatoms. The lowest BCUT2D eigenvalue weighted by Crippen LogP contribution is -2.14. The molecule has 27 heavy (non-hydrogen) atoms. The van der Waals surface area contributed by atoms with Crippen molar-refractivity contribution in [1.29, 1.82) is 0 Å². The van der Waals surface area contributed by atoms with Gasteiger partial charge < -0.3 is 14.2 Å². The van der Waals surface area contributed by atoms with E-state index in [0.717, 1.165) is 0 Å². The minimum atomic E-state index is -3.90. The van der Waals surface area contributed by atoms with Crippen LogP contribution in [0.25, 0.3) is 0 Å². The molecule has 0 aliphatic heterocycles. The molecule has 0 fully saturated rings. The maximum Gasteiger partial charge on any atom is 0.322 e. The molecule has 2 aromatic carbocycles. The highest BCUT2D eigenvalue weighted by Gasteiger charge is 2.20. The van der Waals surface area contributed by atoms with Crippen molar-refractivity contribution in [3.05, 3.63) is 60.9 Å². The minimum Gasteiger partial charge on any atom is -0.497 e. The SMILES string of the molecule is COc1ccc(S(=O)(=O)Nc2cnc(Oc3ccccc3)nc2)c(OC)c1. The number of anilines is 1. The van der Waals surface area contributed by atoms with Gasteiger partial charge in [-0.15, -0.1) is 0 Å². The molecule has 0 radical (unpaired) electrons. The Kier molecular flexibility index (Phi) is 5.41. The standard InChI is InChI=1S/C18H17N3O5S/c1-24-15-8-9-17(16(10-15)25-2)27(22,23)21-13-11-19-18(20-12-13)26-14-6-4-3-5-7-14/h3-12,21H,1-2H3. The van der Waals surface area contributed by atoms with E-state index in [1.54, 1.807) is 12.1 Å². The molecule has 0 unspecified atom stereocenters. The quantitative estimate of drug-likeness (QED) is 0.665. The summed E-state index contributed by atoms with van der Waals surface area (Å²) in [7, 11) is -1.04. The van der Waals surface area contributed by atoms with Crippen molar-refractivity contribution < 1.29 is 22.6 Å². The van der Waals surface area contributed by atoms with Gasteiger partial charge in [-0.1, -0.05) is 18.2 Å². The smallest absolute Gasteiger partial charge is 0.322 e. The molecule has 0 saturated carbocycles. The van der Waals surface area contributed by atoms with Crippen LogP contribution in [0.5, 0.6) is 23.3 Å². The number of methoxy groups -OCH3 is 2. The Morgan fingerprint density at radius 3 is 2.22 bits per heavy atom. The van der Waals surface area contributed by atoms with E-state index in [0.29, 0.717) is 11.5 Å². The number of ether oxygens (including phenoxy) is 3. The van der Waals surface area contributed by atoms with Crippen LogP contribution in [-0.2, 0) is 10.0 Å². The first-order valence-electron chi connectivity index (χ1n) is 7.81. The number of rotatable bonds is 7. The second-order valence-electron chi connectivity index (χ2n) is 5.29. The van der Waals surface area contributed by atoms with E-state index >= 15 is 0 Å². The zero-order chi connectivity index (χ0) is 19.3. The summed E-state index contributed by atoms with van der Waals surface area (Å²) in [5.74, 6) is 1.22. The van der Waals surface area contributed by atoms with Gasteiger partial charge in [-0.3, -0.25) is 4.72 Å². The van der Waals surface area contributed by atoms with E-state index in [1.807, 2.05) is 18.2 Å². The molecule has 0 atom stereocenters. The molecule has 1 heterocycles. The number of hydrogen-bond acceptors (Lipinski definition) is 7. The van der Waals surface area contributed by atoms with Gasteiger partial charge in [0, 0.05) is 6.07 Å². The van der Waals surface area contributed by atoms with Crippen molar-refractivity contribution in [2.45, 2.75) is 4.90 Å². The lowest BCUT2D eigenvalue weighted by atomic mass is 10.3. The highest BCUT2D eigenvalue weighted by molar-refractivity contribution is 7.92. The lowest BCUT2D eigenvalue weighted by molar-refractivity contribution is 0.386. The third-order valence-corrected chi connectivity index (χ3v) is 4.91. The van der Waals surface area contributed by atoms with Gasteiger partial charge in [-0.05, 0) is 24.3 Å². The van der Waals surface area contributed by atoms with Crippen molar-refractivity contribution >= 4 is 15.7 Å². The van der Waals surface area contributed by atoms with Gasteiger partial charge in [0.2, 0.25) is 0 Å². The van der Waals surface area contributed by atoms with Crippen LogP contribution in [0.1, 0.15) is 0 Å². The Balaban J connectivity index is 1.78. The summed E-state index contributed by atoms with van der Waals surface area (Å²) < 4.78 is 43.4. The summed E-state index contributed by atoms with van der Waals surface area (Å²) in [6, 6.07) is 13.5. The molecule has 0 aliphatic carbocycles. The summed E-state index contributed by atoms with van der Waals surface area (Å²) in [5.41, 5.74) is 0.188. The van der Waals surface area contributed by atoms with Gasteiger partial charge in [-0.25, -0.2) is 18.4 Å². The summed E-state index contributed by atoms with van der Waals surface area (Å²) in [5, 5.41) is 0. The number of nitrogens with zero attached hydrogens (tertiary/aromatic N) is 2. The number of hydrogen-bond donors (Lipinski definition) is 1. The van der Waals surface area contributed by atoms with Crippen LogP contribution < -0.4 is 18.9 Å². The van der Waals surface area contributed by atoms with Crippen molar-refractivity contribution in [3.63, 3.8) is 0 Å². The second-order valence-corrected chi connectivity index (χ2v) is 6.94. The monoisotopic (exact) mass is 387 g/mol. The average molecular weight is 387 g/mol. The van der Waals surface area contributed by atoms with Crippen molar-refractivity contribution in [3.8, 4) is 23.3 Å². The van der Waals surface area contributed by atoms with E-state index in [1.165, 1.54) is 44.8 Å². The Hall–Kier alpha value is -3.33. The fourth-order valence-corrected chi connectivity index (χ4v) is 3.40. The van der Waals surface area contributed by atoms with E-state index in [4.69, 9.17) is 14.2 Å². The summed E-state index contributed by atoms with van der Waals surface area (Å²) in [6.45, 7) is 0. The van der Waals surface area contributed by atoms with Gasteiger partial charge in [-0.2, -0.15) is 0 Å². The molecular weight excluding hydrogens is 370 g/mol. The maximum atomic E-state index is 12.6. The van der Waals surface area contributed by atoms with E-state index < -0.39 is 10.0 Å². The fraction of sp³-hybridized carbons (Fsp3) is 0.111. The molecule has 0 amide bonds. The number of aromatic nitrogens is 2. The van der Waals surface area contributed by atoms with Crippen LogP contribution in [0.4, 0.5) is 5.69 Å². The van der Waals surface area contributed by atoms with Crippen LogP contribution in [-0.4, -0.2) is 32.6 Å². The normalized spacial score (nSPS) is 10.9. The first-order valence-corrected chi connectivity index (χ1v) is 9.30. The van der Waals surface area contributed by atoms with Crippen LogP contribution in [0.3, 0.4) is 0 Å². The minimum absolute atomic E-state index is 0.0320. The van der Waals surface area contributed by atoms with Gasteiger partial charge >= 0.3 is 6.01 Å². The van der Waals surface area contributed by atoms with Crippen molar-refractivity contribution in [2.75, 3.05) is 18.9 Å². The predicted octanol–water partition coefficient (Wildman–Crippen LogP) is 3.09. The van der Waals surface area contributed by atoms with Crippen molar-refractivity contribution in [1.82, 2.24) is 9.97 Å². The first kappa shape index (κ1) is 18.5. The lowest BCUT2D eigenvalue weighted by Gasteiger charge is -2.12. The molecule has 3 rings (SSSR count). The fourth-order valence-electron chi connectivity index (χ4n) is 2.22. The van der Waals surface area contributed by atoms with E-state index in [-0.39, 0.29) is 22.3 Å². The first-order chi connectivity index (χ1) is 13.0. The molecule has 3 aromatic rings. The summed E-state index contributed by atoms with van der Waals surface area (Å²) >= 11 is 0. The molecule has 0 spiro atoms. The molecule has 0 bridgehead atoms. The van der Waals surface area contributed by atoms with Crippen LogP contribution >= 0.6 is 0 Å². The average Bonchev–Trinajstić information content (AvgIpc) is 2.69.